The van der Waals surface area contributed by atoms with Crippen LogP contribution in [0.1, 0.15) is 25.5 Å². The Morgan fingerprint density at radius 3 is 2.11 bits per heavy atom. The Morgan fingerprint density at radius 2 is 1.68 bits per heavy atom. The number of halogens is 2. The number of carbonyl (C=O) groups is 2. The molecule has 0 heterocycles. The van der Waals surface area contributed by atoms with Crippen LogP contribution < -0.4 is 5.32 Å². The van der Waals surface area contributed by atoms with Crippen LogP contribution in [0.3, 0.4) is 0 Å². The maximum atomic E-state index is 12.8. The summed E-state index contributed by atoms with van der Waals surface area (Å²) in [5.41, 5.74) is -0.287. The lowest BCUT2D eigenvalue weighted by atomic mass is 10.1. The number of carboxylic acid groups (broad SMARTS) is 1. The molecule has 19 heavy (non-hydrogen) atoms. The number of aliphatic hydroxyl groups is 1. The third-order valence-electron chi connectivity index (χ3n) is 1.86. The first-order valence-electron chi connectivity index (χ1n) is 5.53. The summed E-state index contributed by atoms with van der Waals surface area (Å²) in [6.07, 6.45) is -1.82. The van der Waals surface area contributed by atoms with Gasteiger partial charge in [0.2, 0.25) is 0 Å². The van der Waals surface area contributed by atoms with Crippen LogP contribution in [-0.2, 0) is 9.59 Å². The number of amides is 1. The summed E-state index contributed by atoms with van der Waals surface area (Å²) in [4.78, 5) is 21.4. The van der Waals surface area contributed by atoms with E-state index in [0.717, 1.165) is 12.1 Å². The number of aliphatic hydroxyl groups excluding tert-OH is 1. The van der Waals surface area contributed by atoms with Gasteiger partial charge in [-0.1, -0.05) is 13.8 Å². The zero-order valence-electron chi connectivity index (χ0n) is 10.5. The van der Waals surface area contributed by atoms with Gasteiger partial charge in [-0.25, -0.2) is 8.78 Å². The van der Waals surface area contributed by atoms with Crippen LogP contribution in [-0.4, -0.2) is 28.6 Å². The fourth-order valence-corrected chi connectivity index (χ4v) is 1.14. The number of carbonyl (C=O) groups excluding carboxylic acids is 1. The quantitative estimate of drug-likeness (QED) is 0.771. The Balaban J connectivity index is 0.00000154. The molecular formula is C12H15F2NO4. The van der Waals surface area contributed by atoms with Crippen molar-refractivity contribution in [2.75, 3.05) is 6.54 Å². The SMILES string of the molecule is CC.O=C(O)CNC(=O)C(O)c1cc(F)cc(F)c1. The highest BCUT2D eigenvalue weighted by Gasteiger charge is 2.19. The van der Waals surface area contributed by atoms with Crippen molar-refractivity contribution >= 4 is 11.9 Å². The minimum Gasteiger partial charge on any atom is -0.480 e. The van der Waals surface area contributed by atoms with E-state index >= 15 is 0 Å². The molecule has 1 aromatic carbocycles. The monoisotopic (exact) mass is 275 g/mol. The van der Waals surface area contributed by atoms with E-state index in [2.05, 4.69) is 0 Å². The van der Waals surface area contributed by atoms with Gasteiger partial charge in [-0.05, 0) is 17.7 Å². The van der Waals surface area contributed by atoms with Gasteiger partial charge < -0.3 is 15.5 Å². The van der Waals surface area contributed by atoms with Gasteiger partial charge in [0.1, 0.15) is 18.2 Å². The summed E-state index contributed by atoms with van der Waals surface area (Å²) in [5.74, 6) is -4.22. The first kappa shape index (κ1) is 17.0. The van der Waals surface area contributed by atoms with Gasteiger partial charge in [0.25, 0.3) is 5.91 Å². The molecule has 1 atom stereocenters. The first-order chi connectivity index (χ1) is 8.90. The predicted octanol–water partition coefficient (Wildman–Crippen LogP) is 1.23. The number of hydrogen-bond acceptors (Lipinski definition) is 3. The van der Waals surface area contributed by atoms with Crippen molar-refractivity contribution in [1.29, 1.82) is 0 Å². The molecule has 7 heteroatoms. The highest BCUT2D eigenvalue weighted by atomic mass is 19.1. The van der Waals surface area contributed by atoms with E-state index in [-0.39, 0.29) is 5.56 Å². The third kappa shape index (κ3) is 5.91. The van der Waals surface area contributed by atoms with Crippen molar-refractivity contribution in [3.8, 4) is 0 Å². The van der Waals surface area contributed by atoms with Gasteiger partial charge in [0.05, 0.1) is 0 Å². The molecule has 0 bridgehead atoms. The minimum atomic E-state index is -1.82. The smallest absolute Gasteiger partial charge is 0.322 e. The molecule has 0 aromatic heterocycles. The molecule has 0 aliphatic carbocycles. The number of benzene rings is 1. The van der Waals surface area contributed by atoms with Crippen LogP contribution in [0.2, 0.25) is 0 Å². The van der Waals surface area contributed by atoms with E-state index < -0.39 is 36.2 Å². The van der Waals surface area contributed by atoms with Crippen molar-refractivity contribution in [1.82, 2.24) is 5.32 Å². The minimum absolute atomic E-state index is 0.287. The third-order valence-corrected chi connectivity index (χ3v) is 1.86. The second kappa shape index (κ2) is 8.15. The highest BCUT2D eigenvalue weighted by molar-refractivity contribution is 5.85. The Labute approximate surface area is 108 Å². The summed E-state index contributed by atoms with van der Waals surface area (Å²) in [6, 6.07) is 2.16. The van der Waals surface area contributed by atoms with Gasteiger partial charge in [-0.15, -0.1) is 0 Å². The highest BCUT2D eigenvalue weighted by Crippen LogP contribution is 2.16. The van der Waals surface area contributed by atoms with Crippen molar-refractivity contribution in [3.05, 3.63) is 35.4 Å². The zero-order chi connectivity index (χ0) is 15.0. The van der Waals surface area contributed by atoms with Crippen LogP contribution >= 0.6 is 0 Å². The Bertz CT molecular complexity index is 431. The van der Waals surface area contributed by atoms with Crippen LogP contribution in [0.5, 0.6) is 0 Å². The Kier molecular flexibility index (Phi) is 7.28. The average molecular weight is 275 g/mol. The summed E-state index contributed by atoms with van der Waals surface area (Å²) in [6.45, 7) is 3.31. The first-order valence-corrected chi connectivity index (χ1v) is 5.53. The zero-order valence-corrected chi connectivity index (χ0v) is 10.5. The van der Waals surface area contributed by atoms with Crippen LogP contribution in [0.15, 0.2) is 18.2 Å². The van der Waals surface area contributed by atoms with Crippen molar-refractivity contribution in [2.45, 2.75) is 20.0 Å². The molecule has 0 spiro atoms. The molecule has 1 amide bonds. The lowest BCUT2D eigenvalue weighted by Crippen LogP contribution is -2.33. The topological polar surface area (TPSA) is 86.6 Å². The van der Waals surface area contributed by atoms with E-state index in [0.29, 0.717) is 6.07 Å². The van der Waals surface area contributed by atoms with E-state index in [1.165, 1.54) is 0 Å². The molecule has 0 radical (unpaired) electrons. The molecule has 1 rings (SSSR count). The number of hydrogen-bond donors (Lipinski definition) is 3. The molecule has 0 aliphatic heterocycles. The van der Waals surface area contributed by atoms with Crippen LogP contribution in [0.25, 0.3) is 0 Å². The average Bonchev–Trinajstić information content (AvgIpc) is 2.36. The van der Waals surface area contributed by atoms with Gasteiger partial charge >= 0.3 is 5.97 Å². The Morgan fingerprint density at radius 1 is 1.21 bits per heavy atom. The molecule has 1 aromatic rings. The molecule has 0 fully saturated rings. The standard InChI is InChI=1S/C10H9F2NO4.C2H6/c11-6-1-5(2-7(12)3-6)9(16)10(17)13-4-8(14)15;1-2/h1-3,9,16H,4H2,(H,13,17)(H,14,15);1-2H3. The van der Waals surface area contributed by atoms with Gasteiger partial charge in [-0.2, -0.15) is 0 Å². The van der Waals surface area contributed by atoms with Gasteiger partial charge in [0, 0.05) is 6.07 Å². The lowest BCUT2D eigenvalue weighted by molar-refractivity contribution is -0.139. The molecule has 5 nitrogen and oxygen atoms in total. The van der Waals surface area contributed by atoms with Crippen LogP contribution in [0, 0.1) is 11.6 Å². The molecule has 0 saturated heterocycles. The number of carboxylic acids is 1. The summed E-state index contributed by atoms with van der Waals surface area (Å²) in [7, 11) is 0. The summed E-state index contributed by atoms with van der Waals surface area (Å²) < 4.78 is 25.6. The molecule has 106 valence electrons. The van der Waals surface area contributed by atoms with E-state index in [1.54, 1.807) is 0 Å². The maximum Gasteiger partial charge on any atom is 0.322 e. The van der Waals surface area contributed by atoms with Gasteiger partial charge in [-0.3, -0.25) is 9.59 Å². The summed E-state index contributed by atoms with van der Waals surface area (Å²) >= 11 is 0. The van der Waals surface area contributed by atoms with E-state index in [9.17, 15) is 23.5 Å². The van der Waals surface area contributed by atoms with Gasteiger partial charge in [0.15, 0.2) is 6.10 Å². The number of rotatable bonds is 4. The maximum absolute atomic E-state index is 12.8. The van der Waals surface area contributed by atoms with Crippen molar-refractivity contribution in [2.24, 2.45) is 0 Å². The fraction of sp³-hybridized carbons (Fsp3) is 0.333. The summed E-state index contributed by atoms with van der Waals surface area (Å²) in [5, 5.41) is 19.6. The van der Waals surface area contributed by atoms with E-state index in [1.807, 2.05) is 19.2 Å². The Hall–Kier alpha value is -2.02. The number of nitrogens with one attached hydrogen (secondary N) is 1. The molecule has 0 aliphatic rings. The fourth-order valence-electron chi connectivity index (χ4n) is 1.14. The van der Waals surface area contributed by atoms with Crippen LogP contribution in [0.4, 0.5) is 8.78 Å². The van der Waals surface area contributed by atoms with E-state index in [4.69, 9.17) is 5.11 Å². The lowest BCUT2D eigenvalue weighted by Gasteiger charge is -2.10. The van der Waals surface area contributed by atoms with Crippen molar-refractivity contribution < 1.29 is 28.6 Å². The predicted molar refractivity (Wildman–Crippen MR) is 63.3 cm³/mol. The second-order valence-electron chi connectivity index (χ2n) is 3.22. The molecule has 3 N–H and O–H groups in total. The van der Waals surface area contributed by atoms with Crippen molar-refractivity contribution in [3.63, 3.8) is 0 Å². The normalized spacial score (nSPS) is 11.0. The second-order valence-corrected chi connectivity index (χ2v) is 3.22. The molecule has 0 saturated carbocycles. The molecular weight excluding hydrogens is 260 g/mol. The molecule has 1 unspecified atom stereocenters. The number of aliphatic carboxylic acids is 1. The largest absolute Gasteiger partial charge is 0.480 e.